The second-order valence-corrected chi connectivity index (χ2v) is 3.89. The summed E-state index contributed by atoms with van der Waals surface area (Å²) in [7, 11) is 0. The van der Waals surface area contributed by atoms with Crippen LogP contribution in [-0.4, -0.2) is 4.98 Å². The SMILES string of the molecule is Nc1ccc(OCc2cncc(F)c2)cc1Cl. The lowest BCUT2D eigenvalue weighted by Gasteiger charge is -2.07. The number of aromatic nitrogens is 1. The van der Waals surface area contributed by atoms with Crippen molar-refractivity contribution in [3.8, 4) is 5.75 Å². The van der Waals surface area contributed by atoms with Crippen LogP contribution in [0, 0.1) is 5.82 Å². The van der Waals surface area contributed by atoms with Crippen LogP contribution in [0.5, 0.6) is 5.75 Å². The zero-order chi connectivity index (χ0) is 12.3. The first-order chi connectivity index (χ1) is 8.15. The standard InChI is InChI=1S/C12H10ClFN2O/c13-11-4-10(1-2-12(11)15)17-7-8-3-9(14)6-16-5-8/h1-6H,7,15H2. The number of nitrogens with two attached hydrogens (primary N) is 1. The van der Waals surface area contributed by atoms with Crippen LogP contribution in [0.25, 0.3) is 0 Å². The van der Waals surface area contributed by atoms with Crippen molar-refractivity contribution in [1.29, 1.82) is 0 Å². The predicted molar refractivity (Wildman–Crippen MR) is 64.4 cm³/mol. The Morgan fingerprint density at radius 1 is 1.29 bits per heavy atom. The van der Waals surface area contributed by atoms with Gasteiger partial charge in [-0.25, -0.2) is 4.39 Å². The number of anilines is 1. The summed E-state index contributed by atoms with van der Waals surface area (Å²) in [5, 5.41) is 0.430. The van der Waals surface area contributed by atoms with Crippen molar-refractivity contribution in [1.82, 2.24) is 4.98 Å². The molecule has 0 fully saturated rings. The molecule has 1 aromatic heterocycles. The van der Waals surface area contributed by atoms with Gasteiger partial charge in [-0.15, -0.1) is 0 Å². The number of ether oxygens (including phenoxy) is 1. The minimum atomic E-state index is -0.388. The topological polar surface area (TPSA) is 48.1 Å². The molecular weight excluding hydrogens is 243 g/mol. The number of hydrogen-bond donors (Lipinski definition) is 1. The summed E-state index contributed by atoms with van der Waals surface area (Å²) in [6.45, 7) is 0.227. The molecule has 0 spiro atoms. The van der Waals surface area contributed by atoms with Crippen molar-refractivity contribution in [2.45, 2.75) is 6.61 Å². The molecule has 0 aliphatic carbocycles. The van der Waals surface area contributed by atoms with E-state index >= 15 is 0 Å². The molecule has 0 saturated carbocycles. The lowest BCUT2D eigenvalue weighted by molar-refractivity contribution is 0.305. The number of nitrogen functional groups attached to an aromatic ring is 1. The first-order valence-corrected chi connectivity index (χ1v) is 5.30. The maximum atomic E-state index is 12.9. The van der Waals surface area contributed by atoms with Crippen LogP contribution in [-0.2, 0) is 6.61 Å². The van der Waals surface area contributed by atoms with Crippen molar-refractivity contribution in [3.63, 3.8) is 0 Å². The molecule has 2 aromatic rings. The molecule has 0 radical (unpaired) electrons. The number of nitrogens with zero attached hydrogens (tertiary/aromatic N) is 1. The molecule has 0 aliphatic rings. The van der Waals surface area contributed by atoms with E-state index in [0.717, 1.165) is 6.20 Å². The van der Waals surface area contributed by atoms with Gasteiger partial charge in [0.15, 0.2) is 0 Å². The summed E-state index contributed by atoms with van der Waals surface area (Å²) in [4.78, 5) is 3.73. The van der Waals surface area contributed by atoms with Crippen LogP contribution in [0.3, 0.4) is 0 Å². The van der Waals surface area contributed by atoms with Crippen molar-refractivity contribution in [2.24, 2.45) is 0 Å². The molecule has 17 heavy (non-hydrogen) atoms. The van der Waals surface area contributed by atoms with Gasteiger partial charge in [-0.2, -0.15) is 0 Å². The van der Waals surface area contributed by atoms with E-state index in [0.29, 0.717) is 22.0 Å². The fourth-order valence-corrected chi connectivity index (χ4v) is 1.47. The third kappa shape index (κ3) is 3.07. The van der Waals surface area contributed by atoms with Crippen LogP contribution < -0.4 is 10.5 Å². The van der Waals surface area contributed by atoms with Crippen LogP contribution >= 0.6 is 11.6 Å². The lowest BCUT2D eigenvalue weighted by atomic mass is 10.3. The van der Waals surface area contributed by atoms with E-state index in [9.17, 15) is 4.39 Å². The molecule has 2 rings (SSSR count). The molecule has 0 bridgehead atoms. The van der Waals surface area contributed by atoms with Crippen LogP contribution in [0.2, 0.25) is 5.02 Å². The van der Waals surface area contributed by atoms with Crippen LogP contribution in [0.1, 0.15) is 5.56 Å². The number of benzene rings is 1. The van der Waals surface area contributed by atoms with Gasteiger partial charge in [-0.05, 0) is 18.2 Å². The van der Waals surface area contributed by atoms with E-state index < -0.39 is 0 Å². The minimum Gasteiger partial charge on any atom is -0.489 e. The van der Waals surface area contributed by atoms with E-state index in [2.05, 4.69) is 4.98 Å². The number of hydrogen-bond acceptors (Lipinski definition) is 3. The van der Waals surface area contributed by atoms with Gasteiger partial charge >= 0.3 is 0 Å². The lowest BCUT2D eigenvalue weighted by Crippen LogP contribution is -1.97. The third-order valence-corrected chi connectivity index (χ3v) is 2.47. The van der Waals surface area contributed by atoms with E-state index in [-0.39, 0.29) is 12.4 Å². The monoisotopic (exact) mass is 252 g/mol. The fourth-order valence-electron chi connectivity index (χ4n) is 1.30. The molecule has 88 valence electrons. The Morgan fingerprint density at radius 3 is 2.82 bits per heavy atom. The molecule has 1 heterocycles. The Morgan fingerprint density at radius 2 is 2.12 bits per heavy atom. The predicted octanol–water partition coefficient (Wildman–Crippen LogP) is 3.04. The quantitative estimate of drug-likeness (QED) is 0.854. The van der Waals surface area contributed by atoms with Gasteiger partial charge in [-0.3, -0.25) is 4.98 Å². The molecule has 3 nitrogen and oxygen atoms in total. The highest BCUT2D eigenvalue weighted by Gasteiger charge is 2.01. The second kappa shape index (κ2) is 5.01. The largest absolute Gasteiger partial charge is 0.489 e. The summed E-state index contributed by atoms with van der Waals surface area (Å²) in [5.41, 5.74) is 6.71. The van der Waals surface area contributed by atoms with Crippen molar-refractivity contribution in [2.75, 3.05) is 5.73 Å². The zero-order valence-corrected chi connectivity index (χ0v) is 9.62. The molecule has 1 aromatic carbocycles. The molecule has 0 aliphatic heterocycles. The number of rotatable bonds is 3. The molecule has 0 amide bonds. The Bertz CT molecular complexity index is 534. The van der Waals surface area contributed by atoms with E-state index in [1.807, 2.05) is 0 Å². The Balaban J connectivity index is 2.05. The maximum Gasteiger partial charge on any atom is 0.141 e. The number of pyridine rings is 1. The third-order valence-electron chi connectivity index (χ3n) is 2.14. The molecule has 0 atom stereocenters. The zero-order valence-electron chi connectivity index (χ0n) is 8.86. The Hall–Kier alpha value is -1.81. The summed E-state index contributed by atoms with van der Waals surface area (Å²) >= 11 is 5.84. The number of halogens is 2. The van der Waals surface area contributed by atoms with Gasteiger partial charge in [0.25, 0.3) is 0 Å². The molecule has 2 N–H and O–H groups in total. The Kier molecular flexibility index (Phi) is 3.44. The van der Waals surface area contributed by atoms with Gasteiger partial charge in [-0.1, -0.05) is 11.6 Å². The first-order valence-electron chi connectivity index (χ1n) is 4.92. The van der Waals surface area contributed by atoms with Crippen molar-refractivity contribution in [3.05, 3.63) is 53.1 Å². The van der Waals surface area contributed by atoms with E-state index in [4.69, 9.17) is 22.1 Å². The smallest absolute Gasteiger partial charge is 0.141 e. The van der Waals surface area contributed by atoms with Crippen molar-refractivity contribution >= 4 is 17.3 Å². The van der Waals surface area contributed by atoms with Gasteiger partial charge in [0.2, 0.25) is 0 Å². The minimum absolute atomic E-state index is 0.227. The summed E-state index contributed by atoms with van der Waals surface area (Å²) in [6, 6.07) is 6.34. The Labute approximate surface area is 103 Å². The molecule has 5 heteroatoms. The summed E-state index contributed by atoms with van der Waals surface area (Å²) < 4.78 is 18.3. The highest BCUT2D eigenvalue weighted by molar-refractivity contribution is 6.33. The van der Waals surface area contributed by atoms with Gasteiger partial charge in [0.05, 0.1) is 16.9 Å². The van der Waals surface area contributed by atoms with Crippen LogP contribution in [0.4, 0.5) is 10.1 Å². The van der Waals surface area contributed by atoms with E-state index in [1.165, 1.54) is 6.07 Å². The first kappa shape index (κ1) is 11.7. The molecular formula is C12H10ClFN2O. The van der Waals surface area contributed by atoms with Crippen LogP contribution in [0.15, 0.2) is 36.7 Å². The van der Waals surface area contributed by atoms with Gasteiger partial charge in [0, 0.05) is 17.8 Å². The van der Waals surface area contributed by atoms with Gasteiger partial charge in [0.1, 0.15) is 18.2 Å². The average Bonchev–Trinajstić information content (AvgIpc) is 2.31. The van der Waals surface area contributed by atoms with E-state index in [1.54, 1.807) is 24.4 Å². The van der Waals surface area contributed by atoms with Gasteiger partial charge < -0.3 is 10.5 Å². The highest BCUT2D eigenvalue weighted by atomic mass is 35.5. The normalized spacial score (nSPS) is 10.2. The summed E-state index contributed by atoms with van der Waals surface area (Å²) in [5.74, 6) is 0.190. The van der Waals surface area contributed by atoms with Crippen molar-refractivity contribution < 1.29 is 9.13 Å². The molecule has 0 unspecified atom stereocenters. The summed E-state index contributed by atoms with van der Waals surface area (Å²) in [6.07, 6.45) is 2.69. The highest BCUT2D eigenvalue weighted by Crippen LogP contribution is 2.24. The molecule has 0 saturated heterocycles. The maximum absolute atomic E-state index is 12.9. The second-order valence-electron chi connectivity index (χ2n) is 3.48. The fraction of sp³-hybridized carbons (Fsp3) is 0.0833. The average molecular weight is 253 g/mol.